The Hall–Kier alpha value is -2.23. The number of phenolic OH excluding ortho intramolecular Hbond substituents is 1. The highest BCUT2D eigenvalue weighted by Crippen LogP contribution is 2.26. The van der Waals surface area contributed by atoms with Gasteiger partial charge in [0.05, 0.1) is 13.7 Å². The van der Waals surface area contributed by atoms with Crippen LogP contribution >= 0.6 is 0 Å². The molecule has 0 spiro atoms. The smallest absolute Gasteiger partial charge is 0.330 e. The van der Waals surface area contributed by atoms with Crippen LogP contribution in [0, 0.1) is 0 Å². The first-order chi connectivity index (χ1) is 9.67. The largest absolute Gasteiger partial charge is 0.504 e. The van der Waals surface area contributed by atoms with Gasteiger partial charge in [-0.25, -0.2) is 4.79 Å². The second kappa shape index (κ2) is 8.80. The molecule has 4 nitrogen and oxygen atoms in total. The average Bonchev–Trinajstić information content (AvgIpc) is 2.46. The van der Waals surface area contributed by atoms with E-state index in [1.807, 2.05) is 12.2 Å². The third kappa shape index (κ3) is 5.61. The molecule has 0 amide bonds. The third-order valence-electron chi connectivity index (χ3n) is 2.55. The number of carbonyl (C=O) groups excluding carboxylic acids is 1. The molecule has 0 saturated carbocycles. The Morgan fingerprint density at radius 3 is 2.85 bits per heavy atom. The molecule has 1 aromatic carbocycles. The van der Waals surface area contributed by atoms with Crippen LogP contribution in [0.4, 0.5) is 0 Å². The molecule has 1 N–H and O–H groups in total. The van der Waals surface area contributed by atoms with Gasteiger partial charge >= 0.3 is 5.97 Å². The van der Waals surface area contributed by atoms with Crippen molar-refractivity contribution in [1.29, 1.82) is 0 Å². The lowest BCUT2D eigenvalue weighted by molar-refractivity contribution is -0.137. The maximum absolute atomic E-state index is 11.5. The minimum atomic E-state index is -0.387. The number of methoxy groups -OCH3 is 1. The van der Waals surface area contributed by atoms with Gasteiger partial charge in [0, 0.05) is 6.08 Å². The molecular formula is C16H20O4. The van der Waals surface area contributed by atoms with E-state index in [0.29, 0.717) is 12.4 Å². The first-order valence-electron chi connectivity index (χ1n) is 6.54. The monoisotopic (exact) mass is 276 g/mol. The van der Waals surface area contributed by atoms with Gasteiger partial charge in [-0.3, -0.25) is 0 Å². The van der Waals surface area contributed by atoms with E-state index in [-0.39, 0.29) is 11.7 Å². The molecule has 4 heteroatoms. The zero-order valence-corrected chi connectivity index (χ0v) is 11.8. The first kappa shape index (κ1) is 15.8. The van der Waals surface area contributed by atoms with Crippen molar-refractivity contribution in [2.45, 2.75) is 19.8 Å². The van der Waals surface area contributed by atoms with Crippen molar-refractivity contribution in [2.75, 3.05) is 13.7 Å². The molecular weight excluding hydrogens is 256 g/mol. The van der Waals surface area contributed by atoms with E-state index in [1.165, 1.54) is 19.3 Å². The Morgan fingerprint density at radius 1 is 1.35 bits per heavy atom. The lowest BCUT2D eigenvalue weighted by Crippen LogP contribution is -2.01. The van der Waals surface area contributed by atoms with Crippen molar-refractivity contribution in [2.24, 2.45) is 0 Å². The van der Waals surface area contributed by atoms with Gasteiger partial charge < -0.3 is 14.6 Å². The van der Waals surface area contributed by atoms with Crippen LogP contribution in [0.3, 0.4) is 0 Å². The molecule has 0 radical (unpaired) electrons. The molecule has 0 heterocycles. The number of hydrogen-bond acceptors (Lipinski definition) is 4. The molecule has 0 aliphatic carbocycles. The van der Waals surface area contributed by atoms with Gasteiger partial charge in [0.1, 0.15) is 0 Å². The molecule has 0 saturated heterocycles. The highest BCUT2D eigenvalue weighted by molar-refractivity contribution is 5.87. The fourth-order valence-corrected chi connectivity index (χ4v) is 1.52. The number of hydrogen-bond donors (Lipinski definition) is 1. The summed E-state index contributed by atoms with van der Waals surface area (Å²) in [5.41, 5.74) is 0.752. The highest BCUT2D eigenvalue weighted by Gasteiger charge is 2.01. The average molecular weight is 276 g/mol. The van der Waals surface area contributed by atoms with Gasteiger partial charge in [-0.2, -0.15) is 0 Å². The summed E-state index contributed by atoms with van der Waals surface area (Å²) in [4.78, 5) is 11.5. The van der Waals surface area contributed by atoms with Gasteiger partial charge in [0.2, 0.25) is 0 Å². The number of aromatic hydroxyl groups is 1. The summed E-state index contributed by atoms with van der Waals surface area (Å²) >= 11 is 0. The van der Waals surface area contributed by atoms with E-state index in [1.54, 1.807) is 18.2 Å². The number of allylic oxidation sites excluding steroid dienone is 1. The van der Waals surface area contributed by atoms with Crippen LogP contribution in [0.2, 0.25) is 0 Å². The molecule has 0 aliphatic heterocycles. The summed E-state index contributed by atoms with van der Waals surface area (Å²) in [6.45, 7) is 2.43. The van der Waals surface area contributed by atoms with E-state index in [4.69, 9.17) is 9.47 Å². The molecule has 1 rings (SSSR count). The van der Waals surface area contributed by atoms with Crippen molar-refractivity contribution >= 4 is 12.0 Å². The molecule has 0 unspecified atom stereocenters. The Labute approximate surface area is 119 Å². The van der Waals surface area contributed by atoms with Crippen molar-refractivity contribution in [3.63, 3.8) is 0 Å². The quantitative estimate of drug-likeness (QED) is 0.359. The van der Waals surface area contributed by atoms with E-state index < -0.39 is 0 Å². The van der Waals surface area contributed by atoms with Gasteiger partial charge in [0.25, 0.3) is 0 Å². The van der Waals surface area contributed by atoms with E-state index in [0.717, 1.165) is 18.4 Å². The van der Waals surface area contributed by atoms with E-state index in [2.05, 4.69) is 6.92 Å². The van der Waals surface area contributed by atoms with Crippen molar-refractivity contribution in [3.8, 4) is 11.5 Å². The Kier molecular flexibility index (Phi) is 6.96. The third-order valence-corrected chi connectivity index (χ3v) is 2.55. The lowest BCUT2D eigenvalue weighted by atomic mass is 10.2. The molecule has 1 aromatic rings. The van der Waals surface area contributed by atoms with Gasteiger partial charge in [-0.05, 0) is 36.6 Å². The standard InChI is InChI=1S/C16H20O4/c1-3-4-5-6-11-20-16(18)10-8-13-7-9-14(17)15(12-13)19-2/h4-5,7-10,12,17H,3,6,11H2,1-2H3/b5-4-,10-8+. The number of esters is 1. The van der Waals surface area contributed by atoms with Crippen LogP contribution in [0.5, 0.6) is 11.5 Å². The predicted octanol–water partition coefficient (Wildman–Crippen LogP) is 3.31. The summed E-state index contributed by atoms with van der Waals surface area (Å²) < 4.78 is 10.0. The van der Waals surface area contributed by atoms with Gasteiger partial charge in [-0.15, -0.1) is 0 Å². The number of rotatable bonds is 7. The second-order valence-corrected chi connectivity index (χ2v) is 4.10. The Morgan fingerprint density at radius 2 is 2.15 bits per heavy atom. The normalized spacial score (nSPS) is 11.1. The Bertz CT molecular complexity index is 489. The van der Waals surface area contributed by atoms with Crippen molar-refractivity contribution in [1.82, 2.24) is 0 Å². The van der Waals surface area contributed by atoms with Gasteiger partial charge in [-0.1, -0.05) is 25.1 Å². The molecule has 20 heavy (non-hydrogen) atoms. The topological polar surface area (TPSA) is 55.8 Å². The van der Waals surface area contributed by atoms with Crippen LogP contribution in [0.1, 0.15) is 25.3 Å². The van der Waals surface area contributed by atoms with Crippen molar-refractivity contribution < 1.29 is 19.4 Å². The molecule has 0 atom stereocenters. The summed E-state index contributed by atoms with van der Waals surface area (Å²) in [6.07, 6.45) is 8.70. The molecule has 0 aliphatic rings. The van der Waals surface area contributed by atoms with Crippen LogP contribution in [0.25, 0.3) is 6.08 Å². The molecule has 108 valence electrons. The van der Waals surface area contributed by atoms with Crippen LogP contribution in [0.15, 0.2) is 36.4 Å². The fraction of sp³-hybridized carbons (Fsp3) is 0.312. The number of ether oxygens (including phenoxy) is 2. The predicted molar refractivity (Wildman–Crippen MR) is 78.7 cm³/mol. The fourth-order valence-electron chi connectivity index (χ4n) is 1.52. The zero-order valence-electron chi connectivity index (χ0n) is 11.8. The Balaban J connectivity index is 2.46. The van der Waals surface area contributed by atoms with Crippen LogP contribution < -0.4 is 4.74 Å². The van der Waals surface area contributed by atoms with Crippen LogP contribution in [-0.2, 0) is 9.53 Å². The summed E-state index contributed by atoms with van der Waals surface area (Å²) in [5.74, 6) is 0.0436. The summed E-state index contributed by atoms with van der Waals surface area (Å²) in [7, 11) is 1.47. The molecule has 0 fully saturated rings. The van der Waals surface area contributed by atoms with E-state index in [9.17, 15) is 9.90 Å². The number of carbonyl (C=O) groups is 1. The number of phenols is 1. The SMILES string of the molecule is CC/C=C\CCOC(=O)/C=C/c1ccc(O)c(OC)c1. The maximum Gasteiger partial charge on any atom is 0.330 e. The summed E-state index contributed by atoms with van der Waals surface area (Å²) in [6, 6.07) is 4.84. The number of benzene rings is 1. The first-order valence-corrected chi connectivity index (χ1v) is 6.54. The molecule has 0 bridgehead atoms. The highest BCUT2D eigenvalue weighted by atomic mass is 16.5. The zero-order chi connectivity index (χ0) is 14.8. The van der Waals surface area contributed by atoms with Crippen molar-refractivity contribution in [3.05, 3.63) is 42.0 Å². The van der Waals surface area contributed by atoms with Gasteiger partial charge in [0.15, 0.2) is 11.5 Å². The lowest BCUT2D eigenvalue weighted by Gasteiger charge is -2.03. The minimum absolute atomic E-state index is 0.0648. The van der Waals surface area contributed by atoms with Crippen LogP contribution in [-0.4, -0.2) is 24.8 Å². The summed E-state index contributed by atoms with van der Waals surface area (Å²) in [5, 5.41) is 9.45. The molecule has 0 aromatic heterocycles. The van der Waals surface area contributed by atoms with E-state index >= 15 is 0 Å². The maximum atomic E-state index is 11.5. The second-order valence-electron chi connectivity index (χ2n) is 4.10. The minimum Gasteiger partial charge on any atom is -0.504 e.